The van der Waals surface area contributed by atoms with Crippen LogP contribution in [0, 0.1) is 5.82 Å². The number of benzene rings is 1. The lowest BCUT2D eigenvalue weighted by Crippen LogP contribution is -2.19. The van der Waals surface area contributed by atoms with Gasteiger partial charge in [-0.15, -0.1) is 0 Å². The number of anilines is 1. The van der Waals surface area contributed by atoms with Gasteiger partial charge in [0.05, 0.1) is 16.8 Å². The number of nitrogens with two attached hydrogens (primary N) is 1. The molecule has 0 bridgehead atoms. The van der Waals surface area contributed by atoms with Crippen LogP contribution in [0.1, 0.15) is 32.1 Å². The van der Waals surface area contributed by atoms with Gasteiger partial charge in [0.1, 0.15) is 11.6 Å². The minimum Gasteiger partial charge on any atom is -0.489 e. The number of halogens is 2. The molecule has 0 aromatic heterocycles. The highest BCUT2D eigenvalue weighted by molar-refractivity contribution is 6.32. The number of nitrogen functional groups attached to an aromatic ring is 1. The molecule has 1 saturated carbocycles. The molecular weight excluding hydrogens is 229 g/mol. The van der Waals surface area contributed by atoms with E-state index in [-0.39, 0.29) is 16.8 Å². The number of hydrogen-bond acceptors (Lipinski definition) is 2. The van der Waals surface area contributed by atoms with Crippen molar-refractivity contribution in [1.29, 1.82) is 0 Å². The van der Waals surface area contributed by atoms with Gasteiger partial charge in [-0.05, 0) is 31.7 Å². The van der Waals surface area contributed by atoms with E-state index in [0.717, 1.165) is 12.8 Å². The molecule has 0 aliphatic heterocycles. The fourth-order valence-corrected chi connectivity index (χ4v) is 2.19. The van der Waals surface area contributed by atoms with Crippen molar-refractivity contribution in [3.63, 3.8) is 0 Å². The molecule has 0 atom stereocenters. The van der Waals surface area contributed by atoms with E-state index in [1.807, 2.05) is 0 Å². The normalized spacial score (nSPS) is 17.4. The lowest BCUT2D eigenvalue weighted by molar-refractivity contribution is 0.155. The number of rotatable bonds is 2. The van der Waals surface area contributed by atoms with E-state index >= 15 is 0 Å². The SMILES string of the molecule is Nc1cc(OC2CCCCC2)c(Cl)cc1F. The fourth-order valence-electron chi connectivity index (χ4n) is 2.00. The van der Waals surface area contributed by atoms with Gasteiger partial charge in [0.2, 0.25) is 0 Å². The van der Waals surface area contributed by atoms with E-state index in [1.54, 1.807) is 0 Å². The smallest absolute Gasteiger partial charge is 0.147 e. The van der Waals surface area contributed by atoms with E-state index in [2.05, 4.69) is 0 Å². The van der Waals surface area contributed by atoms with Crippen LogP contribution < -0.4 is 10.5 Å². The van der Waals surface area contributed by atoms with Crippen LogP contribution in [0.15, 0.2) is 12.1 Å². The van der Waals surface area contributed by atoms with Crippen LogP contribution in [0.2, 0.25) is 5.02 Å². The molecule has 1 aliphatic rings. The summed E-state index contributed by atoms with van der Waals surface area (Å²) >= 11 is 5.90. The minimum absolute atomic E-state index is 0.0789. The zero-order valence-corrected chi connectivity index (χ0v) is 9.77. The maximum Gasteiger partial charge on any atom is 0.147 e. The molecular formula is C12H15ClFNO. The average molecular weight is 244 g/mol. The molecule has 2 nitrogen and oxygen atoms in total. The van der Waals surface area contributed by atoms with Gasteiger partial charge in [0.15, 0.2) is 0 Å². The van der Waals surface area contributed by atoms with E-state index in [1.165, 1.54) is 31.4 Å². The lowest BCUT2D eigenvalue weighted by Gasteiger charge is -2.23. The first-order valence-corrected chi connectivity index (χ1v) is 5.96. The van der Waals surface area contributed by atoms with Gasteiger partial charge in [-0.2, -0.15) is 0 Å². The van der Waals surface area contributed by atoms with Crippen molar-refractivity contribution in [1.82, 2.24) is 0 Å². The zero-order valence-electron chi connectivity index (χ0n) is 9.01. The van der Waals surface area contributed by atoms with Crippen molar-refractivity contribution in [2.45, 2.75) is 38.2 Å². The molecule has 0 radical (unpaired) electrons. The molecule has 16 heavy (non-hydrogen) atoms. The molecule has 2 N–H and O–H groups in total. The molecule has 4 heteroatoms. The maximum atomic E-state index is 13.1. The van der Waals surface area contributed by atoms with Crippen molar-refractivity contribution in [2.24, 2.45) is 0 Å². The van der Waals surface area contributed by atoms with Crippen molar-refractivity contribution in [3.05, 3.63) is 23.0 Å². The van der Waals surface area contributed by atoms with Gasteiger partial charge >= 0.3 is 0 Å². The van der Waals surface area contributed by atoms with Crippen molar-refractivity contribution in [3.8, 4) is 5.75 Å². The maximum absolute atomic E-state index is 13.1. The van der Waals surface area contributed by atoms with E-state index in [4.69, 9.17) is 22.1 Å². The van der Waals surface area contributed by atoms with Crippen LogP contribution in [0.3, 0.4) is 0 Å². The summed E-state index contributed by atoms with van der Waals surface area (Å²) in [6.45, 7) is 0. The van der Waals surface area contributed by atoms with E-state index < -0.39 is 5.82 Å². The molecule has 0 saturated heterocycles. The van der Waals surface area contributed by atoms with Gasteiger partial charge < -0.3 is 10.5 Å². The Morgan fingerprint density at radius 3 is 2.62 bits per heavy atom. The first-order valence-electron chi connectivity index (χ1n) is 5.58. The Morgan fingerprint density at radius 2 is 1.94 bits per heavy atom. The highest BCUT2D eigenvalue weighted by atomic mass is 35.5. The summed E-state index contributed by atoms with van der Waals surface area (Å²) in [7, 11) is 0. The van der Waals surface area contributed by atoms with Gasteiger partial charge in [0, 0.05) is 6.07 Å². The second-order valence-corrected chi connectivity index (χ2v) is 4.59. The van der Waals surface area contributed by atoms with Crippen LogP contribution in [0.5, 0.6) is 5.75 Å². The summed E-state index contributed by atoms with van der Waals surface area (Å²) in [5.41, 5.74) is 5.56. The molecule has 0 unspecified atom stereocenters. The zero-order chi connectivity index (χ0) is 11.5. The summed E-state index contributed by atoms with van der Waals surface area (Å²) in [5.74, 6) is -0.00605. The van der Waals surface area contributed by atoms with Crippen LogP contribution in [-0.4, -0.2) is 6.10 Å². The molecule has 1 aliphatic carbocycles. The highest BCUT2D eigenvalue weighted by Gasteiger charge is 2.17. The third-order valence-corrected chi connectivity index (χ3v) is 3.19. The first-order chi connectivity index (χ1) is 7.66. The molecule has 1 fully saturated rings. The summed E-state index contributed by atoms with van der Waals surface area (Å²) < 4.78 is 18.8. The second-order valence-electron chi connectivity index (χ2n) is 4.18. The van der Waals surface area contributed by atoms with Crippen molar-refractivity contribution < 1.29 is 9.13 Å². The fraction of sp³-hybridized carbons (Fsp3) is 0.500. The molecule has 1 aromatic rings. The van der Waals surface area contributed by atoms with Gasteiger partial charge in [-0.3, -0.25) is 0 Å². The number of hydrogen-bond donors (Lipinski definition) is 1. The Morgan fingerprint density at radius 1 is 1.25 bits per heavy atom. The quantitative estimate of drug-likeness (QED) is 0.803. The summed E-state index contributed by atoms with van der Waals surface area (Å²) in [6, 6.07) is 2.67. The number of ether oxygens (including phenoxy) is 1. The Balaban J connectivity index is 2.11. The molecule has 0 spiro atoms. The van der Waals surface area contributed by atoms with Crippen molar-refractivity contribution >= 4 is 17.3 Å². The van der Waals surface area contributed by atoms with Crippen LogP contribution >= 0.6 is 11.6 Å². The summed E-state index contributed by atoms with van der Waals surface area (Å²) in [5, 5.41) is 0.289. The Bertz CT molecular complexity index is 378. The highest BCUT2D eigenvalue weighted by Crippen LogP contribution is 2.32. The topological polar surface area (TPSA) is 35.2 Å². The average Bonchev–Trinajstić information content (AvgIpc) is 2.27. The van der Waals surface area contributed by atoms with Crippen molar-refractivity contribution in [2.75, 3.05) is 5.73 Å². The minimum atomic E-state index is -0.499. The van der Waals surface area contributed by atoms with Crippen LogP contribution in [0.4, 0.5) is 10.1 Å². The van der Waals surface area contributed by atoms with E-state index in [0.29, 0.717) is 5.75 Å². The third kappa shape index (κ3) is 2.59. The second kappa shape index (κ2) is 4.91. The Kier molecular flexibility index (Phi) is 3.54. The first kappa shape index (κ1) is 11.5. The Labute approximate surface area is 99.5 Å². The predicted octanol–water partition coefficient (Wildman–Crippen LogP) is 3.77. The monoisotopic (exact) mass is 243 g/mol. The Hall–Kier alpha value is -0.960. The summed E-state index contributed by atoms with van der Waals surface area (Å²) in [4.78, 5) is 0. The summed E-state index contributed by atoms with van der Waals surface area (Å²) in [6.07, 6.45) is 5.88. The molecule has 0 amide bonds. The lowest BCUT2D eigenvalue weighted by atomic mass is 9.98. The van der Waals surface area contributed by atoms with Gasteiger partial charge in [-0.25, -0.2) is 4.39 Å². The molecule has 1 aromatic carbocycles. The molecule has 0 heterocycles. The standard InChI is InChI=1S/C12H15ClFNO/c13-9-6-10(14)11(15)7-12(9)16-8-4-2-1-3-5-8/h6-8H,1-5,15H2. The molecule has 88 valence electrons. The van der Waals surface area contributed by atoms with Gasteiger partial charge in [0.25, 0.3) is 0 Å². The van der Waals surface area contributed by atoms with Gasteiger partial charge in [-0.1, -0.05) is 18.0 Å². The van der Waals surface area contributed by atoms with Crippen LogP contribution in [0.25, 0.3) is 0 Å². The largest absolute Gasteiger partial charge is 0.489 e. The third-order valence-electron chi connectivity index (χ3n) is 2.90. The predicted molar refractivity (Wildman–Crippen MR) is 63.3 cm³/mol. The van der Waals surface area contributed by atoms with E-state index in [9.17, 15) is 4.39 Å². The van der Waals surface area contributed by atoms with Crippen LogP contribution in [-0.2, 0) is 0 Å². The molecule has 2 rings (SSSR count).